The number of hydrogen-bond donors (Lipinski definition) is 0. The van der Waals surface area contributed by atoms with Crippen LogP contribution in [0.15, 0.2) is 0 Å². The van der Waals surface area contributed by atoms with Crippen molar-refractivity contribution in [3.8, 4) is 0 Å². The van der Waals surface area contributed by atoms with Gasteiger partial charge in [0, 0.05) is 51.2 Å². The van der Waals surface area contributed by atoms with Gasteiger partial charge in [0.1, 0.15) is 0 Å². The summed E-state index contributed by atoms with van der Waals surface area (Å²) < 4.78 is 0. The van der Waals surface area contributed by atoms with Gasteiger partial charge in [-0.15, -0.1) is 0 Å². The molecule has 2 heterocycles. The lowest BCUT2D eigenvalue weighted by atomic mass is 10.0. The Morgan fingerprint density at radius 2 is 1.50 bits per heavy atom. The van der Waals surface area contributed by atoms with Crippen molar-refractivity contribution < 1.29 is 4.79 Å². The molecule has 4 nitrogen and oxygen atoms in total. The van der Waals surface area contributed by atoms with Crippen molar-refractivity contribution in [3.05, 3.63) is 0 Å². The molecular weight excluding hydrogens is 226 g/mol. The zero-order valence-corrected chi connectivity index (χ0v) is 11.5. The van der Waals surface area contributed by atoms with Crippen LogP contribution in [0, 0.1) is 5.92 Å². The zero-order chi connectivity index (χ0) is 12.5. The third-order valence-electron chi connectivity index (χ3n) is 4.76. The van der Waals surface area contributed by atoms with Crippen LogP contribution < -0.4 is 0 Å². The van der Waals surface area contributed by atoms with Crippen LogP contribution in [-0.2, 0) is 4.79 Å². The summed E-state index contributed by atoms with van der Waals surface area (Å²) in [6.45, 7) is 6.79. The Morgan fingerprint density at radius 1 is 0.889 bits per heavy atom. The number of likely N-dealkylation sites (N-methyl/N-ethyl adjacent to an activating group) is 1. The molecule has 3 aliphatic rings. The maximum absolute atomic E-state index is 12.0. The number of amides is 1. The van der Waals surface area contributed by atoms with Crippen molar-refractivity contribution in [2.45, 2.75) is 31.7 Å². The number of rotatable bonds is 2. The molecule has 2 aliphatic heterocycles. The number of carbonyl (C=O) groups excluding carboxylic acids is 1. The highest BCUT2D eigenvalue weighted by Gasteiger charge is 2.35. The summed E-state index contributed by atoms with van der Waals surface area (Å²) in [5.41, 5.74) is 0. The first-order valence-corrected chi connectivity index (χ1v) is 7.45. The minimum Gasteiger partial charge on any atom is -0.342 e. The van der Waals surface area contributed by atoms with Gasteiger partial charge in [-0.05, 0) is 32.7 Å². The van der Waals surface area contributed by atoms with Gasteiger partial charge in [-0.3, -0.25) is 9.69 Å². The van der Waals surface area contributed by atoms with Gasteiger partial charge in [0.25, 0.3) is 0 Å². The number of hydrogen-bond acceptors (Lipinski definition) is 3. The van der Waals surface area contributed by atoms with Gasteiger partial charge < -0.3 is 9.80 Å². The van der Waals surface area contributed by atoms with Crippen LogP contribution >= 0.6 is 0 Å². The molecule has 4 heteroatoms. The minimum absolute atomic E-state index is 0.394. The molecule has 0 aromatic carbocycles. The molecule has 0 spiro atoms. The van der Waals surface area contributed by atoms with E-state index in [9.17, 15) is 4.79 Å². The summed E-state index contributed by atoms with van der Waals surface area (Å²) >= 11 is 0. The fourth-order valence-corrected chi connectivity index (χ4v) is 3.23. The van der Waals surface area contributed by atoms with Gasteiger partial charge in [0.05, 0.1) is 0 Å². The van der Waals surface area contributed by atoms with Crippen molar-refractivity contribution in [1.82, 2.24) is 14.7 Å². The first-order valence-electron chi connectivity index (χ1n) is 7.45. The van der Waals surface area contributed by atoms with Crippen molar-refractivity contribution >= 4 is 5.91 Å². The molecule has 1 amide bonds. The Balaban J connectivity index is 1.46. The molecule has 0 aromatic rings. The second kappa shape index (κ2) is 5.17. The Bertz CT molecular complexity index is 300. The molecule has 2 saturated heterocycles. The molecule has 0 N–H and O–H groups in total. The second-order valence-corrected chi connectivity index (χ2v) is 6.17. The van der Waals surface area contributed by atoms with E-state index in [4.69, 9.17) is 0 Å². The number of likely N-dealkylation sites (tertiary alicyclic amines) is 1. The Morgan fingerprint density at radius 3 is 2.06 bits per heavy atom. The lowest BCUT2D eigenvalue weighted by Crippen LogP contribution is -2.53. The number of piperazine rings is 1. The van der Waals surface area contributed by atoms with Crippen molar-refractivity contribution in [1.29, 1.82) is 0 Å². The molecular formula is C14H25N3O. The van der Waals surface area contributed by atoms with Gasteiger partial charge >= 0.3 is 0 Å². The van der Waals surface area contributed by atoms with Crippen LogP contribution in [0.25, 0.3) is 0 Å². The molecule has 0 radical (unpaired) electrons. The van der Waals surface area contributed by atoms with Crippen LogP contribution in [0.5, 0.6) is 0 Å². The molecule has 0 atom stereocenters. The number of carbonyl (C=O) groups is 1. The van der Waals surface area contributed by atoms with Crippen LogP contribution in [0.2, 0.25) is 0 Å². The quantitative estimate of drug-likeness (QED) is 0.720. The van der Waals surface area contributed by atoms with E-state index in [1.807, 2.05) is 0 Å². The van der Waals surface area contributed by atoms with E-state index < -0.39 is 0 Å². The van der Waals surface area contributed by atoms with E-state index in [0.717, 1.165) is 32.0 Å². The third kappa shape index (κ3) is 2.69. The predicted molar refractivity (Wildman–Crippen MR) is 71.4 cm³/mol. The van der Waals surface area contributed by atoms with E-state index in [1.165, 1.54) is 39.0 Å². The monoisotopic (exact) mass is 251 g/mol. The van der Waals surface area contributed by atoms with Gasteiger partial charge in [-0.2, -0.15) is 0 Å². The molecule has 18 heavy (non-hydrogen) atoms. The van der Waals surface area contributed by atoms with Gasteiger partial charge in [0.15, 0.2) is 0 Å². The molecule has 3 fully saturated rings. The molecule has 0 bridgehead atoms. The third-order valence-corrected chi connectivity index (χ3v) is 4.76. The average Bonchev–Trinajstić information content (AvgIpc) is 3.23. The highest BCUT2D eigenvalue weighted by molar-refractivity contribution is 5.81. The normalized spacial score (nSPS) is 28.6. The molecule has 102 valence electrons. The topological polar surface area (TPSA) is 26.8 Å². The van der Waals surface area contributed by atoms with E-state index in [-0.39, 0.29) is 0 Å². The number of piperidine rings is 1. The minimum atomic E-state index is 0.394. The summed E-state index contributed by atoms with van der Waals surface area (Å²) in [5, 5.41) is 0. The van der Waals surface area contributed by atoms with E-state index >= 15 is 0 Å². The largest absolute Gasteiger partial charge is 0.342 e. The summed E-state index contributed by atoms with van der Waals surface area (Å²) in [6.07, 6.45) is 4.64. The van der Waals surface area contributed by atoms with E-state index in [2.05, 4.69) is 21.7 Å². The maximum atomic E-state index is 12.0. The lowest BCUT2D eigenvalue weighted by molar-refractivity contribution is -0.134. The first-order chi connectivity index (χ1) is 8.74. The van der Waals surface area contributed by atoms with Crippen LogP contribution in [0.3, 0.4) is 0 Å². The summed E-state index contributed by atoms with van der Waals surface area (Å²) in [4.78, 5) is 19.2. The Hall–Kier alpha value is -0.610. The van der Waals surface area contributed by atoms with Crippen LogP contribution in [0.4, 0.5) is 0 Å². The molecule has 1 aliphatic carbocycles. The van der Waals surface area contributed by atoms with Crippen LogP contribution in [0.1, 0.15) is 25.7 Å². The number of nitrogens with zero attached hydrogens (tertiary/aromatic N) is 3. The summed E-state index contributed by atoms with van der Waals surface area (Å²) in [5.74, 6) is 0.831. The molecule has 0 aromatic heterocycles. The summed E-state index contributed by atoms with van der Waals surface area (Å²) in [6, 6.07) is 0.724. The van der Waals surface area contributed by atoms with Gasteiger partial charge in [-0.1, -0.05) is 0 Å². The van der Waals surface area contributed by atoms with E-state index in [1.54, 1.807) is 0 Å². The second-order valence-electron chi connectivity index (χ2n) is 6.17. The van der Waals surface area contributed by atoms with Gasteiger partial charge in [0.2, 0.25) is 5.91 Å². The lowest BCUT2D eigenvalue weighted by Gasteiger charge is -2.42. The summed E-state index contributed by atoms with van der Waals surface area (Å²) in [7, 11) is 2.20. The van der Waals surface area contributed by atoms with Crippen molar-refractivity contribution in [2.75, 3.05) is 46.3 Å². The van der Waals surface area contributed by atoms with Crippen molar-refractivity contribution in [3.63, 3.8) is 0 Å². The van der Waals surface area contributed by atoms with Gasteiger partial charge in [-0.25, -0.2) is 0 Å². The molecule has 1 saturated carbocycles. The highest BCUT2D eigenvalue weighted by Crippen LogP contribution is 2.32. The van der Waals surface area contributed by atoms with Crippen LogP contribution in [-0.4, -0.2) is 73.0 Å². The average molecular weight is 251 g/mol. The van der Waals surface area contributed by atoms with E-state index in [0.29, 0.717) is 11.8 Å². The molecule has 0 unspecified atom stereocenters. The maximum Gasteiger partial charge on any atom is 0.225 e. The standard InChI is InChI=1S/C14H25N3O/c1-15-8-10-16(11-9-15)13-4-6-17(7-5-13)14(18)12-2-3-12/h12-13H,2-11H2,1H3. The van der Waals surface area contributed by atoms with Crippen molar-refractivity contribution in [2.24, 2.45) is 5.92 Å². The Labute approximate surface area is 110 Å². The first kappa shape index (κ1) is 12.4. The fourth-order valence-electron chi connectivity index (χ4n) is 3.23. The smallest absolute Gasteiger partial charge is 0.225 e. The SMILES string of the molecule is CN1CCN(C2CCN(C(=O)C3CC3)CC2)CC1. The highest BCUT2D eigenvalue weighted by atomic mass is 16.2. The molecule has 3 rings (SSSR count). The predicted octanol–water partition coefficient (Wildman–Crippen LogP) is 0.635. The fraction of sp³-hybridized carbons (Fsp3) is 0.929. The zero-order valence-electron chi connectivity index (χ0n) is 11.5. The Kier molecular flexibility index (Phi) is 3.57.